The van der Waals surface area contributed by atoms with Crippen LogP contribution in [0.15, 0.2) is 18.3 Å². The molecule has 0 fully saturated rings. The number of aryl methyl sites for hydroxylation is 3. The van der Waals surface area contributed by atoms with E-state index in [9.17, 15) is 13.2 Å². The average molecular weight is 361 g/mol. The fourth-order valence-electron chi connectivity index (χ4n) is 2.46. The molecular weight excluding hydrogens is 341 g/mol. The zero-order chi connectivity index (χ0) is 17.9. The molecule has 2 aromatic heterocycles. The van der Waals surface area contributed by atoms with Crippen LogP contribution in [-0.4, -0.2) is 33.3 Å². The summed E-state index contributed by atoms with van der Waals surface area (Å²) in [7, 11) is 1.89. The zero-order valence-electron chi connectivity index (χ0n) is 13.9. The van der Waals surface area contributed by atoms with Gasteiger partial charge < -0.3 is 4.90 Å². The first-order valence-corrected chi connectivity index (χ1v) is 7.96. The minimum atomic E-state index is -4.43. The quantitative estimate of drug-likeness (QED) is 0.778. The number of aromatic nitrogens is 3. The van der Waals surface area contributed by atoms with Gasteiger partial charge in [-0.2, -0.15) is 18.3 Å². The molecule has 0 radical (unpaired) electrons. The molecule has 0 unspecified atom stereocenters. The molecule has 0 N–H and O–H groups in total. The molecule has 2 rings (SSSR count). The molecule has 4 nitrogen and oxygen atoms in total. The van der Waals surface area contributed by atoms with E-state index in [2.05, 4.69) is 10.1 Å². The van der Waals surface area contributed by atoms with Gasteiger partial charge in [-0.3, -0.25) is 9.67 Å². The molecule has 2 heterocycles. The molecule has 0 aliphatic rings. The fourth-order valence-corrected chi connectivity index (χ4v) is 2.69. The summed E-state index contributed by atoms with van der Waals surface area (Å²) in [6.45, 7) is 5.91. The maximum absolute atomic E-state index is 12.6. The summed E-state index contributed by atoms with van der Waals surface area (Å²) < 4.78 is 39.8. The van der Waals surface area contributed by atoms with E-state index in [1.807, 2.05) is 36.5 Å². The summed E-state index contributed by atoms with van der Waals surface area (Å²) in [4.78, 5) is 5.84. The Labute approximate surface area is 144 Å². The second-order valence-electron chi connectivity index (χ2n) is 5.89. The van der Waals surface area contributed by atoms with Crippen molar-refractivity contribution < 1.29 is 13.2 Å². The SMILES string of the molecule is Cc1cc(C)n(CCCN(C)Cc2ncc(C(F)(F)F)cc2Cl)n1. The standard InChI is InChI=1S/C16H20ClF3N4/c1-11-7-12(2)24(22-11)6-4-5-23(3)10-15-14(17)8-13(9-21-15)16(18,19)20/h7-9H,4-6,10H2,1-3H3. The van der Waals surface area contributed by atoms with Crippen LogP contribution in [0.25, 0.3) is 0 Å². The molecule has 0 amide bonds. The van der Waals surface area contributed by atoms with Gasteiger partial charge in [0.25, 0.3) is 0 Å². The summed E-state index contributed by atoms with van der Waals surface area (Å²) >= 11 is 5.93. The van der Waals surface area contributed by atoms with Crippen molar-refractivity contribution in [3.63, 3.8) is 0 Å². The maximum atomic E-state index is 12.6. The molecule has 0 aromatic carbocycles. The van der Waals surface area contributed by atoms with Crippen molar-refractivity contribution in [1.29, 1.82) is 0 Å². The van der Waals surface area contributed by atoms with Gasteiger partial charge in [-0.1, -0.05) is 11.6 Å². The van der Waals surface area contributed by atoms with Gasteiger partial charge >= 0.3 is 6.18 Å². The van der Waals surface area contributed by atoms with Gasteiger partial charge in [0, 0.05) is 31.5 Å². The Kier molecular flexibility index (Phi) is 5.87. The van der Waals surface area contributed by atoms with Crippen molar-refractivity contribution in [3.8, 4) is 0 Å². The Balaban J connectivity index is 1.88. The van der Waals surface area contributed by atoms with Gasteiger partial charge in [0.05, 0.1) is 22.0 Å². The van der Waals surface area contributed by atoms with E-state index >= 15 is 0 Å². The smallest absolute Gasteiger partial charge is 0.300 e. The Bertz CT molecular complexity index is 697. The van der Waals surface area contributed by atoms with E-state index < -0.39 is 11.7 Å². The fraction of sp³-hybridized carbons (Fsp3) is 0.500. The highest BCUT2D eigenvalue weighted by molar-refractivity contribution is 6.31. The summed E-state index contributed by atoms with van der Waals surface area (Å²) in [5, 5.41) is 4.43. The Hall–Kier alpha value is -1.60. The Morgan fingerprint density at radius 3 is 2.50 bits per heavy atom. The molecular formula is C16H20ClF3N4. The van der Waals surface area contributed by atoms with Crippen molar-refractivity contribution in [1.82, 2.24) is 19.7 Å². The van der Waals surface area contributed by atoms with Gasteiger partial charge in [0.2, 0.25) is 0 Å². The van der Waals surface area contributed by atoms with Crippen molar-refractivity contribution in [2.75, 3.05) is 13.6 Å². The van der Waals surface area contributed by atoms with E-state index in [0.717, 1.165) is 43.2 Å². The number of halogens is 4. The van der Waals surface area contributed by atoms with E-state index in [-0.39, 0.29) is 5.02 Å². The third-order valence-corrected chi connectivity index (χ3v) is 4.00. The Morgan fingerprint density at radius 1 is 1.25 bits per heavy atom. The largest absolute Gasteiger partial charge is 0.417 e. The van der Waals surface area contributed by atoms with Gasteiger partial charge in [-0.15, -0.1) is 0 Å². The number of hydrogen-bond donors (Lipinski definition) is 0. The predicted molar refractivity (Wildman–Crippen MR) is 86.9 cm³/mol. The second kappa shape index (κ2) is 7.53. The second-order valence-corrected chi connectivity index (χ2v) is 6.30. The Morgan fingerprint density at radius 2 is 1.96 bits per heavy atom. The lowest BCUT2D eigenvalue weighted by Crippen LogP contribution is -2.22. The van der Waals surface area contributed by atoms with Crippen LogP contribution in [0.2, 0.25) is 5.02 Å². The van der Waals surface area contributed by atoms with E-state index in [1.165, 1.54) is 0 Å². The highest BCUT2D eigenvalue weighted by Crippen LogP contribution is 2.31. The number of pyridine rings is 1. The summed E-state index contributed by atoms with van der Waals surface area (Å²) in [5.74, 6) is 0. The molecule has 8 heteroatoms. The maximum Gasteiger partial charge on any atom is 0.417 e. The highest BCUT2D eigenvalue weighted by atomic mass is 35.5. The molecule has 24 heavy (non-hydrogen) atoms. The van der Waals surface area contributed by atoms with Crippen LogP contribution in [-0.2, 0) is 19.3 Å². The molecule has 0 aliphatic carbocycles. The first-order valence-electron chi connectivity index (χ1n) is 7.58. The van der Waals surface area contributed by atoms with Crippen LogP contribution < -0.4 is 0 Å². The van der Waals surface area contributed by atoms with E-state index in [1.54, 1.807) is 0 Å². The van der Waals surface area contributed by atoms with Crippen LogP contribution in [0.5, 0.6) is 0 Å². The summed E-state index contributed by atoms with van der Waals surface area (Å²) in [6.07, 6.45) is -2.73. The van der Waals surface area contributed by atoms with Crippen LogP contribution in [0.3, 0.4) is 0 Å². The van der Waals surface area contributed by atoms with Crippen molar-refractivity contribution in [2.24, 2.45) is 0 Å². The molecule has 0 saturated carbocycles. The third kappa shape index (κ3) is 4.95. The number of nitrogens with zero attached hydrogens (tertiary/aromatic N) is 4. The zero-order valence-corrected chi connectivity index (χ0v) is 14.6. The van der Waals surface area contributed by atoms with Crippen molar-refractivity contribution in [3.05, 3.63) is 46.0 Å². The molecule has 132 valence electrons. The van der Waals surface area contributed by atoms with E-state index in [0.29, 0.717) is 12.2 Å². The molecule has 0 aliphatic heterocycles. The molecule has 0 saturated heterocycles. The van der Waals surface area contributed by atoms with E-state index in [4.69, 9.17) is 11.6 Å². The van der Waals surface area contributed by atoms with Gasteiger partial charge in [0.15, 0.2) is 0 Å². The van der Waals surface area contributed by atoms with Crippen LogP contribution in [0.1, 0.15) is 29.1 Å². The number of alkyl halides is 3. The number of rotatable bonds is 6. The average Bonchev–Trinajstić information content (AvgIpc) is 2.78. The summed E-state index contributed by atoms with van der Waals surface area (Å²) in [6, 6.07) is 2.95. The minimum Gasteiger partial charge on any atom is -0.300 e. The minimum absolute atomic E-state index is 0.0372. The molecule has 0 bridgehead atoms. The van der Waals surface area contributed by atoms with Crippen LogP contribution in [0.4, 0.5) is 13.2 Å². The molecule has 2 aromatic rings. The predicted octanol–water partition coefficient (Wildman–Crippen LogP) is 4.09. The first-order chi connectivity index (χ1) is 11.2. The highest BCUT2D eigenvalue weighted by Gasteiger charge is 2.31. The van der Waals surface area contributed by atoms with Gasteiger partial charge in [-0.05, 0) is 39.4 Å². The van der Waals surface area contributed by atoms with Crippen LogP contribution in [0, 0.1) is 13.8 Å². The third-order valence-electron chi connectivity index (χ3n) is 3.68. The monoisotopic (exact) mass is 360 g/mol. The van der Waals surface area contributed by atoms with Gasteiger partial charge in [0.1, 0.15) is 0 Å². The lowest BCUT2D eigenvalue weighted by molar-refractivity contribution is -0.137. The van der Waals surface area contributed by atoms with Gasteiger partial charge in [-0.25, -0.2) is 0 Å². The van der Waals surface area contributed by atoms with Crippen molar-refractivity contribution in [2.45, 2.75) is 39.5 Å². The topological polar surface area (TPSA) is 34.0 Å². The lowest BCUT2D eigenvalue weighted by atomic mass is 10.2. The number of hydrogen-bond acceptors (Lipinski definition) is 3. The summed E-state index contributed by atoms with van der Waals surface area (Å²) in [5.41, 5.74) is 1.71. The normalized spacial score (nSPS) is 12.2. The molecule has 0 spiro atoms. The molecule has 0 atom stereocenters. The first kappa shape index (κ1) is 18.7. The lowest BCUT2D eigenvalue weighted by Gasteiger charge is -2.17. The van der Waals surface area contributed by atoms with Crippen LogP contribution >= 0.6 is 11.6 Å². The van der Waals surface area contributed by atoms with Crippen molar-refractivity contribution >= 4 is 11.6 Å².